The summed E-state index contributed by atoms with van der Waals surface area (Å²) in [5, 5.41) is 15.6. The van der Waals surface area contributed by atoms with E-state index in [0.717, 1.165) is 20.8 Å². The van der Waals surface area contributed by atoms with Gasteiger partial charge in [0, 0.05) is 51.2 Å². The number of pyridine rings is 1. The molecule has 0 spiro atoms. The minimum absolute atomic E-state index is 0.0246. The second-order valence-corrected chi connectivity index (χ2v) is 12.6. The van der Waals surface area contributed by atoms with E-state index in [1.165, 1.54) is 12.4 Å². The number of nitrogens with one attached hydrogen (secondary N) is 2. The first kappa shape index (κ1) is 27.1. The van der Waals surface area contributed by atoms with Gasteiger partial charge in [-0.1, -0.05) is 0 Å². The molecule has 6 rings (SSSR count). The normalized spacial score (nSPS) is 15.9. The fraction of sp³-hybridized carbons (Fsp3) is 0.462. The van der Waals surface area contributed by atoms with Gasteiger partial charge in [-0.05, 0) is 32.8 Å². The largest absolute Gasteiger partial charge is 0.383 e. The van der Waals surface area contributed by atoms with Crippen molar-refractivity contribution in [2.75, 3.05) is 43.6 Å². The number of carbonyl (C=O) groups excluding carboxylic acids is 1. The van der Waals surface area contributed by atoms with Crippen molar-refractivity contribution in [2.24, 2.45) is 5.92 Å². The molecule has 41 heavy (non-hydrogen) atoms. The second kappa shape index (κ2) is 10.7. The van der Waals surface area contributed by atoms with Gasteiger partial charge >= 0.3 is 0 Å². The molecule has 1 saturated carbocycles. The smallest absolute Gasteiger partial charge is 0.256 e. The number of hydrogen-bond donors (Lipinski definition) is 2. The standard InChI is InChI=1S/C26H32N10O4S/c1-16(2)36-21-10-23(29-12-20(21)25(33-36)34-13-18(14-34)26(37)28-8-9-40-3)31-22-6-7-27-24(32-22)17-11-30-35(15-17)41(38,39)19-4-5-19/h6-7,10-12,15-16,18-19H,4-5,8-9,13-14H2,1-3H3,(H,28,37)(H,27,29,31,32). The van der Waals surface area contributed by atoms with Crippen molar-refractivity contribution in [1.82, 2.24) is 39.2 Å². The fourth-order valence-electron chi connectivity index (χ4n) is 4.73. The van der Waals surface area contributed by atoms with Crippen molar-refractivity contribution in [1.29, 1.82) is 0 Å². The summed E-state index contributed by atoms with van der Waals surface area (Å²) in [7, 11) is -1.86. The minimum atomic E-state index is -3.47. The quantitative estimate of drug-likeness (QED) is 0.249. The Labute approximate surface area is 237 Å². The molecule has 2 N–H and O–H groups in total. The molecule has 0 atom stereocenters. The van der Waals surface area contributed by atoms with Crippen molar-refractivity contribution in [3.8, 4) is 11.4 Å². The number of methoxy groups -OCH3 is 1. The first-order valence-electron chi connectivity index (χ1n) is 13.5. The van der Waals surface area contributed by atoms with E-state index in [2.05, 4.69) is 49.4 Å². The zero-order valence-corrected chi connectivity index (χ0v) is 23.9. The van der Waals surface area contributed by atoms with E-state index in [1.807, 2.05) is 10.7 Å². The maximum absolute atomic E-state index is 12.5. The first-order chi connectivity index (χ1) is 19.7. The van der Waals surface area contributed by atoms with Gasteiger partial charge < -0.3 is 20.3 Å². The van der Waals surface area contributed by atoms with Gasteiger partial charge in [0.2, 0.25) is 5.91 Å². The molecular weight excluding hydrogens is 548 g/mol. The molecule has 1 aliphatic carbocycles. The van der Waals surface area contributed by atoms with E-state index in [9.17, 15) is 13.2 Å². The summed E-state index contributed by atoms with van der Waals surface area (Å²) in [5.74, 6) is 2.16. The molecule has 0 aromatic carbocycles. The first-order valence-corrected chi connectivity index (χ1v) is 15.0. The molecule has 15 heteroatoms. The third-order valence-electron chi connectivity index (χ3n) is 7.16. The highest BCUT2D eigenvalue weighted by molar-refractivity contribution is 7.90. The van der Waals surface area contributed by atoms with E-state index < -0.39 is 10.0 Å². The predicted molar refractivity (Wildman–Crippen MR) is 152 cm³/mol. The van der Waals surface area contributed by atoms with E-state index in [0.29, 0.717) is 62.1 Å². The highest BCUT2D eigenvalue weighted by atomic mass is 32.2. The Kier molecular flexibility index (Phi) is 7.07. The third-order valence-corrected chi connectivity index (χ3v) is 9.19. The van der Waals surface area contributed by atoms with Crippen LogP contribution < -0.4 is 15.5 Å². The molecule has 2 fully saturated rings. The number of amides is 1. The van der Waals surface area contributed by atoms with E-state index in [-0.39, 0.29) is 23.1 Å². The van der Waals surface area contributed by atoms with Gasteiger partial charge in [-0.25, -0.2) is 23.4 Å². The number of rotatable bonds is 11. The molecule has 1 amide bonds. The van der Waals surface area contributed by atoms with Crippen molar-refractivity contribution in [2.45, 2.75) is 38.0 Å². The molecule has 2 aliphatic rings. The molecule has 0 unspecified atom stereocenters. The Morgan fingerprint density at radius 1 is 1.17 bits per heavy atom. The summed E-state index contributed by atoms with van der Waals surface area (Å²) in [5.41, 5.74) is 1.41. The maximum Gasteiger partial charge on any atom is 0.256 e. The molecule has 0 bridgehead atoms. The molecule has 4 aromatic heterocycles. The molecule has 5 heterocycles. The summed E-state index contributed by atoms with van der Waals surface area (Å²) in [6, 6.07) is 3.73. The lowest BCUT2D eigenvalue weighted by Crippen LogP contribution is -2.54. The molecule has 14 nitrogen and oxygen atoms in total. The lowest BCUT2D eigenvalue weighted by atomic mass is 9.99. The van der Waals surface area contributed by atoms with Gasteiger partial charge in [-0.15, -0.1) is 0 Å². The highest BCUT2D eigenvalue weighted by Gasteiger charge is 2.38. The summed E-state index contributed by atoms with van der Waals surface area (Å²) in [6.07, 6.45) is 7.59. The Morgan fingerprint density at radius 3 is 2.71 bits per heavy atom. The van der Waals surface area contributed by atoms with Crippen molar-refractivity contribution in [3.05, 3.63) is 36.9 Å². The number of carbonyl (C=O) groups is 1. The average molecular weight is 581 g/mol. The monoisotopic (exact) mass is 580 g/mol. The van der Waals surface area contributed by atoms with Crippen LogP contribution in [0.3, 0.4) is 0 Å². The predicted octanol–water partition coefficient (Wildman–Crippen LogP) is 1.95. The zero-order chi connectivity index (χ0) is 28.7. The topological polar surface area (TPSA) is 162 Å². The third kappa shape index (κ3) is 5.34. The van der Waals surface area contributed by atoms with Gasteiger partial charge in [-0.2, -0.15) is 14.3 Å². The molecule has 0 radical (unpaired) electrons. The summed E-state index contributed by atoms with van der Waals surface area (Å²) < 4.78 is 33.0. The molecule has 216 valence electrons. The number of hydrogen-bond acceptors (Lipinski definition) is 11. The lowest BCUT2D eigenvalue weighted by Gasteiger charge is -2.38. The van der Waals surface area contributed by atoms with Crippen LogP contribution in [0.4, 0.5) is 17.5 Å². The van der Waals surface area contributed by atoms with Crippen LogP contribution in [0, 0.1) is 5.92 Å². The van der Waals surface area contributed by atoms with Gasteiger partial charge in [0.15, 0.2) is 11.6 Å². The summed E-state index contributed by atoms with van der Waals surface area (Å²) in [6.45, 7) is 6.28. The van der Waals surface area contributed by atoms with Gasteiger partial charge in [0.05, 0.1) is 46.6 Å². The highest BCUT2D eigenvalue weighted by Crippen LogP contribution is 2.34. The molecule has 1 aliphatic heterocycles. The number of aromatic nitrogens is 7. The second-order valence-electron chi connectivity index (χ2n) is 10.6. The fourth-order valence-corrected chi connectivity index (χ4v) is 6.20. The van der Waals surface area contributed by atoms with Crippen molar-refractivity contribution >= 4 is 44.3 Å². The van der Waals surface area contributed by atoms with Crippen LogP contribution in [0.5, 0.6) is 0 Å². The molecule has 1 saturated heterocycles. The number of ether oxygens (including phenoxy) is 1. The van der Waals surface area contributed by atoms with E-state index in [1.54, 1.807) is 25.6 Å². The lowest BCUT2D eigenvalue weighted by molar-refractivity contribution is -0.125. The van der Waals surface area contributed by atoms with E-state index >= 15 is 0 Å². The van der Waals surface area contributed by atoms with Crippen LogP contribution in [0.15, 0.2) is 36.9 Å². The van der Waals surface area contributed by atoms with Gasteiger partial charge in [-0.3, -0.25) is 9.48 Å². The van der Waals surface area contributed by atoms with Crippen molar-refractivity contribution in [3.63, 3.8) is 0 Å². The Bertz CT molecular complexity index is 1690. The SMILES string of the molecule is COCCNC(=O)C1CN(c2nn(C(C)C)c3cc(Nc4ccnc(-c5cnn(S(=O)(=O)C6CC6)c5)n4)ncc23)C1. The van der Waals surface area contributed by atoms with Crippen molar-refractivity contribution < 1.29 is 17.9 Å². The van der Waals surface area contributed by atoms with Gasteiger partial charge in [0.25, 0.3) is 10.0 Å². The number of anilines is 3. The van der Waals surface area contributed by atoms with Crippen LogP contribution in [0.1, 0.15) is 32.7 Å². The van der Waals surface area contributed by atoms with Crippen LogP contribution in [-0.4, -0.2) is 86.8 Å². The Morgan fingerprint density at radius 2 is 1.98 bits per heavy atom. The van der Waals surface area contributed by atoms with Gasteiger partial charge in [0.1, 0.15) is 11.6 Å². The molecular formula is C26H32N10O4S. The Hall–Kier alpha value is -4.11. The van der Waals surface area contributed by atoms with Crippen LogP contribution in [0.25, 0.3) is 22.3 Å². The van der Waals surface area contributed by atoms with Crippen LogP contribution in [0.2, 0.25) is 0 Å². The average Bonchev–Trinajstić information content (AvgIpc) is 3.55. The number of fused-ring (bicyclic) bond motifs is 1. The van der Waals surface area contributed by atoms with E-state index in [4.69, 9.17) is 9.84 Å². The van der Waals surface area contributed by atoms with Crippen LogP contribution >= 0.6 is 0 Å². The molecule has 4 aromatic rings. The Balaban J connectivity index is 1.20. The zero-order valence-electron chi connectivity index (χ0n) is 23.1. The minimum Gasteiger partial charge on any atom is -0.383 e. The summed E-state index contributed by atoms with van der Waals surface area (Å²) in [4.78, 5) is 27.9. The maximum atomic E-state index is 12.5. The summed E-state index contributed by atoms with van der Waals surface area (Å²) >= 11 is 0. The van der Waals surface area contributed by atoms with Crippen LogP contribution in [-0.2, 0) is 19.6 Å². The number of nitrogens with zero attached hydrogens (tertiary/aromatic N) is 8.